The molecule has 0 aliphatic carbocycles. The fraction of sp³-hybridized carbons (Fsp3) is 0.304. The molecule has 0 N–H and O–H groups in total. The number of nitrogens with zero attached hydrogens (tertiary/aromatic N) is 4. The van der Waals surface area contributed by atoms with Gasteiger partial charge in [-0.05, 0) is 55.1 Å². The number of ether oxygens (including phenoxy) is 2. The molecule has 0 saturated carbocycles. The van der Waals surface area contributed by atoms with E-state index in [9.17, 15) is 4.79 Å². The fourth-order valence-corrected chi connectivity index (χ4v) is 3.90. The van der Waals surface area contributed by atoms with Gasteiger partial charge in [0.25, 0.3) is 0 Å². The van der Waals surface area contributed by atoms with Gasteiger partial charge in [-0.25, -0.2) is 0 Å². The van der Waals surface area contributed by atoms with Crippen molar-refractivity contribution in [3.05, 3.63) is 53.1 Å². The van der Waals surface area contributed by atoms with Gasteiger partial charge in [0.15, 0.2) is 5.69 Å². The number of rotatable bonds is 6. The zero-order valence-corrected chi connectivity index (χ0v) is 19.6. The van der Waals surface area contributed by atoms with Gasteiger partial charge in [-0.15, -0.1) is 10.2 Å². The maximum atomic E-state index is 13.2. The van der Waals surface area contributed by atoms with Gasteiger partial charge in [-0.1, -0.05) is 37.2 Å². The molecule has 32 heavy (non-hydrogen) atoms. The third-order valence-corrected chi connectivity index (χ3v) is 5.73. The molecule has 1 amide bonds. The fourth-order valence-electron chi connectivity index (χ4n) is 3.43. The lowest BCUT2D eigenvalue weighted by atomic mass is 10.1. The summed E-state index contributed by atoms with van der Waals surface area (Å²) in [6.07, 6.45) is 2.35. The quantitative estimate of drug-likeness (QED) is 0.438. The predicted octanol–water partition coefficient (Wildman–Crippen LogP) is 5.54. The highest BCUT2D eigenvalue weighted by molar-refractivity contribution is 7.98. The van der Waals surface area contributed by atoms with Crippen molar-refractivity contribution in [2.45, 2.75) is 38.1 Å². The Morgan fingerprint density at radius 2 is 1.97 bits per heavy atom. The minimum absolute atomic E-state index is 0.101. The lowest BCUT2D eigenvalue weighted by molar-refractivity contribution is -0.120. The molecule has 7 nitrogen and oxygen atoms in total. The van der Waals surface area contributed by atoms with Crippen LogP contribution in [0.4, 0.5) is 5.69 Å². The van der Waals surface area contributed by atoms with Crippen LogP contribution in [-0.4, -0.2) is 34.0 Å². The Morgan fingerprint density at radius 3 is 2.66 bits per heavy atom. The molecule has 1 aromatic heterocycles. The largest absolute Gasteiger partial charge is 0.494 e. The third kappa shape index (κ3) is 4.38. The Labute approximate surface area is 196 Å². The van der Waals surface area contributed by atoms with E-state index in [-0.39, 0.29) is 5.91 Å². The third-order valence-electron chi connectivity index (χ3n) is 4.96. The van der Waals surface area contributed by atoms with E-state index < -0.39 is 6.23 Å². The van der Waals surface area contributed by atoms with Crippen molar-refractivity contribution in [1.29, 1.82) is 0 Å². The summed E-state index contributed by atoms with van der Waals surface area (Å²) < 4.78 is 12.1. The Hall–Kier alpha value is -2.84. The minimum Gasteiger partial charge on any atom is -0.494 e. The van der Waals surface area contributed by atoms with Crippen LogP contribution in [0, 0.1) is 0 Å². The first-order valence-electron chi connectivity index (χ1n) is 10.4. The number of halogens is 1. The minimum atomic E-state index is -0.741. The zero-order valence-electron chi connectivity index (χ0n) is 18.0. The van der Waals surface area contributed by atoms with E-state index in [1.54, 1.807) is 23.1 Å². The molecule has 1 aliphatic heterocycles. The molecule has 0 spiro atoms. The zero-order chi connectivity index (χ0) is 22.7. The summed E-state index contributed by atoms with van der Waals surface area (Å²) in [5.74, 6) is 0.963. The van der Waals surface area contributed by atoms with E-state index in [1.807, 2.05) is 37.4 Å². The topological polar surface area (TPSA) is 77.4 Å². The molecule has 0 saturated heterocycles. The van der Waals surface area contributed by atoms with Crippen LogP contribution in [0.3, 0.4) is 0 Å². The van der Waals surface area contributed by atoms with Crippen LogP contribution in [0.15, 0.2) is 47.6 Å². The van der Waals surface area contributed by atoms with Crippen molar-refractivity contribution >= 4 is 35.0 Å². The first-order chi connectivity index (χ1) is 15.5. The summed E-state index contributed by atoms with van der Waals surface area (Å²) in [6.45, 7) is 4.52. The summed E-state index contributed by atoms with van der Waals surface area (Å²) >= 11 is 7.66. The van der Waals surface area contributed by atoms with Crippen LogP contribution in [0.25, 0.3) is 11.3 Å². The van der Waals surface area contributed by atoms with Crippen LogP contribution in [-0.2, 0) is 4.79 Å². The molecular formula is C23H23ClN4O3S. The molecule has 0 unspecified atom stereocenters. The molecule has 0 bridgehead atoms. The lowest BCUT2D eigenvalue weighted by Gasteiger charge is -2.30. The second-order valence-corrected chi connectivity index (χ2v) is 8.33. The van der Waals surface area contributed by atoms with E-state index in [1.165, 1.54) is 11.8 Å². The summed E-state index contributed by atoms with van der Waals surface area (Å²) in [5.41, 5.74) is 2.52. The maximum absolute atomic E-state index is 13.2. The van der Waals surface area contributed by atoms with E-state index in [0.29, 0.717) is 46.0 Å². The molecule has 1 atom stereocenters. The van der Waals surface area contributed by atoms with Crippen molar-refractivity contribution in [2.75, 3.05) is 17.8 Å². The van der Waals surface area contributed by atoms with Crippen LogP contribution >= 0.6 is 23.4 Å². The highest BCUT2D eigenvalue weighted by Gasteiger charge is 2.35. The Morgan fingerprint density at radius 1 is 1.19 bits per heavy atom. The van der Waals surface area contributed by atoms with Gasteiger partial charge >= 0.3 is 0 Å². The molecule has 1 aliphatic rings. The summed E-state index contributed by atoms with van der Waals surface area (Å²) in [5, 5.41) is 9.52. The number of anilines is 1. The predicted molar refractivity (Wildman–Crippen MR) is 125 cm³/mol. The summed E-state index contributed by atoms with van der Waals surface area (Å²) in [7, 11) is 0. The molecule has 4 rings (SSSR count). The standard InChI is InChI=1S/C23H23ClN4O3S/c1-4-12-30-16-9-6-14(7-10-16)22-28(19(29)5-2)18-11-8-15(24)13-17(18)20-21(31-22)25-23(32-3)27-26-20/h6-11,13,22H,4-5,12H2,1-3H3/t22-/m0/s1. The molecule has 3 aromatic rings. The lowest BCUT2D eigenvalue weighted by Crippen LogP contribution is -2.37. The second-order valence-electron chi connectivity index (χ2n) is 7.12. The van der Waals surface area contributed by atoms with Crippen molar-refractivity contribution in [1.82, 2.24) is 15.2 Å². The van der Waals surface area contributed by atoms with Crippen LogP contribution < -0.4 is 14.4 Å². The van der Waals surface area contributed by atoms with Crippen molar-refractivity contribution < 1.29 is 14.3 Å². The van der Waals surface area contributed by atoms with E-state index >= 15 is 0 Å². The maximum Gasteiger partial charge on any atom is 0.247 e. The van der Waals surface area contributed by atoms with Gasteiger partial charge in [0.05, 0.1) is 12.3 Å². The van der Waals surface area contributed by atoms with Crippen LogP contribution in [0.1, 0.15) is 38.5 Å². The second kappa shape index (κ2) is 9.75. The first-order valence-corrected chi connectivity index (χ1v) is 12.0. The number of carbonyl (C=O) groups excluding carboxylic acids is 1. The SMILES string of the molecule is CCCOc1ccc([C@@H]2Oc3nc(SC)nnc3-c3cc(Cl)ccc3N2C(=O)CC)cc1. The van der Waals surface area contributed by atoms with Gasteiger partial charge in [-0.2, -0.15) is 4.98 Å². The Balaban J connectivity index is 1.88. The molecule has 9 heteroatoms. The van der Waals surface area contributed by atoms with Crippen LogP contribution in [0.2, 0.25) is 5.02 Å². The summed E-state index contributed by atoms with van der Waals surface area (Å²) in [6, 6.07) is 12.9. The molecule has 2 aromatic carbocycles. The molecular weight excluding hydrogens is 448 g/mol. The molecule has 0 fully saturated rings. The number of amides is 1. The van der Waals surface area contributed by atoms with Gasteiger partial charge in [0.2, 0.25) is 23.2 Å². The molecule has 2 heterocycles. The number of hydrogen-bond acceptors (Lipinski definition) is 7. The Bertz CT molecular complexity index is 1130. The highest BCUT2D eigenvalue weighted by atomic mass is 35.5. The van der Waals surface area contributed by atoms with Crippen molar-refractivity contribution in [3.8, 4) is 22.9 Å². The average Bonchev–Trinajstić information content (AvgIpc) is 2.96. The number of carbonyl (C=O) groups is 1. The van der Waals surface area contributed by atoms with Crippen molar-refractivity contribution in [3.63, 3.8) is 0 Å². The normalized spacial score (nSPS) is 14.8. The van der Waals surface area contributed by atoms with Gasteiger partial charge < -0.3 is 9.47 Å². The molecule has 166 valence electrons. The summed E-state index contributed by atoms with van der Waals surface area (Å²) in [4.78, 5) is 19.3. The van der Waals surface area contributed by atoms with Gasteiger partial charge in [-0.3, -0.25) is 9.69 Å². The smallest absolute Gasteiger partial charge is 0.247 e. The number of benzene rings is 2. The van der Waals surface area contributed by atoms with E-state index in [4.69, 9.17) is 21.1 Å². The van der Waals surface area contributed by atoms with Gasteiger partial charge in [0.1, 0.15) is 5.75 Å². The first kappa shape index (κ1) is 22.4. The number of hydrogen-bond donors (Lipinski definition) is 0. The van der Waals surface area contributed by atoms with E-state index in [2.05, 4.69) is 22.1 Å². The molecule has 0 radical (unpaired) electrons. The number of thioether (sulfide) groups is 1. The van der Waals surface area contributed by atoms with Gasteiger partial charge in [0, 0.05) is 22.6 Å². The van der Waals surface area contributed by atoms with Crippen LogP contribution in [0.5, 0.6) is 11.6 Å². The van der Waals surface area contributed by atoms with E-state index in [0.717, 1.165) is 17.7 Å². The monoisotopic (exact) mass is 470 g/mol. The van der Waals surface area contributed by atoms with Crippen molar-refractivity contribution in [2.24, 2.45) is 0 Å². The Kier molecular flexibility index (Phi) is 6.81. The number of aromatic nitrogens is 3. The highest BCUT2D eigenvalue weighted by Crippen LogP contribution is 2.44. The average molecular weight is 471 g/mol. The number of fused-ring (bicyclic) bond motifs is 3.